The third-order valence-corrected chi connectivity index (χ3v) is 2.52. The zero-order valence-corrected chi connectivity index (χ0v) is 10.1. The zero-order chi connectivity index (χ0) is 12.4. The fourth-order valence-corrected chi connectivity index (χ4v) is 1.79. The van der Waals surface area contributed by atoms with Gasteiger partial charge in [-0.05, 0) is 18.2 Å². The lowest BCUT2D eigenvalue weighted by atomic mass is 10.2. The summed E-state index contributed by atoms with van der Waals surface area (Å²) in [5.41, 5.74) is 6.16. The molecule has 1 aromatic carbocycles. The number of aliphatic hydroxyl groups excluding tert-OH is 1. The van der Waals surface area contributed by atoms with E-state index in [0.717, 1.165) is 0 Å². The molecule has 0 aliphatic rings. The van der Waals surface area contributed by atoms with Crippen LogP contribution in [0.1, 0.15) is 11.9 Å². The Hall–Kier alpha value is -1.14. The fourth-order valence-electron chi connectivity index (χ4n) is 1.26. The lowest BCUT2D eigenvalue weighted by Gasteiger charge is -1.99. The number of nitrogens with two attached hydrogens (primary N) is 1. The summed E-state index contributed by atoms with van der Waals surface area (Å²) in [6.07, 6.45) is 0. The normalized spacial score (nSPS) is 12.7. The molecule has 5 nitrogen and oxygen atoms in total. The smallest absolute Gasteiger partial charge is 0.258 e. The Labute approximate surface area is 107 Å². The second-order valence-corrected chi connectivity index (χ2v) is 4.28. The van der Waals surface area contributed by atoms with Crippen LogP contribution in [0, 0.1) is 0 Å². The van der Waals surface area contributed by atoms with Crippen molar-refractivity contribution in [2.24, 2.45) is 5.73 Å². The maximum Gasteiger partial charge on any atom is 0.258 e. The summed E-state index contributed by atoms with van der Waals surface area (Å²) in [4.78, 5) is 4.05. The molecule has 0 bridgehead atoms. The molecule has 0 fully saturated rings. The zero-order valence-electron chi connectivity index (χ0n) is 8.60. The molecule has 2 rings (SSSR count). The summed E-state index contributed by atoms with van der Waals surface area (Å²) in [7, 11) is 0. The van der Waals surface area contributed by atoms with E-state index in [1.54, 1.807) is 18.2 Å². The van der Waals surface area contributed by atoms with Crippen molar-refractivity contribution in [3.8, 4) is 11.5 Å². The van der Waals surface area contributed by atoms with Gasteiger partial charge in [-0.2, -0.15) is 4.98 Å². The SMILES string of the molecule is NC(CO)c1noc(-c2cc(Cl)cc(Cl)c2)n1. The summed E-state index contributed by atoms with van der Waals surface area (Å²) in [6.45, 7) is -0.255. The third kappa shape index (κ3) is 2.76. The average Bonchev–Trinajstić information content (AvgIpc) is 2.76. The first-order valence-electron chi connectivity index (χ1n) is 4.76. The summed E-state index contributed by atoms with van der Waals surface area (Å²) >= 11 is 11.7. The van der Waals surface area contributed by atoms with Crippen molar-refractivity contribution in [3.63, 3.8) is 0 Å². The molecule has 0 saturated carbocycles. The van der Waals surface area contributed by atoms with Gasteiger partial charge in [0.05, 0.1) is 12.6 Å². The Morgan fingerprint density at radius 2 is 1.94 bits per heavy atom. The minimum atomic E-state index is -0.665. The van der Waals surface area contributed by atoms with Crippen LogP contribution < -0.4 is 5.73 Å². The van der Waals surface area contributed by atoms with E-state index in [4.69, 9.17) is 38.6 Å². The van der Waals surface area contributed by atoms with Crippen LogP contribution in [0.25, 0.3) is 11.5 Å². The fraction of sp³-hybridized carbons (Fsp3) is 0.200. The van der Waals surface area contributed by atoms with Crippen molar-refractivity contribution >= 4 is 23.2 Å². The van der Waals surface area contributed by atoms with Crippen LogP contribution in [-0.2, 0) is 0 Å². The van der Waals surface area contributed by atoms with Crippen LogP contribution in [0.15, 0.2) is 22.7 Å². The quantitative estimate of drug-likeness (QED) is 0.894. The highest BCUT2D eigenvalue weighted by molar-refractivity contribution is 6.35. The van der Waals surface area contributed by atoms with Gasteiger partial charge in [0.25, 0.3) is 5.89 Å². The van der Waals surface area contributed by atoms with E-state index in [9.17, 15) is 0 Å². The van der Waals surface area contributed by atoms with Crippen LogP contribution in [0.4, 0.5) is 0 Å². The topological polar surface area (TPSA) is 85.2 Å². The van der Waals surface area contributed by atoms with Crippen molar-refractivity contribution in [2.75, 3.05) is 6.61 Å². The first-order valence-corrected chi connectivity index (χ1v) is 5.52. The second kappa shape index (κ2) is 5.01. The van der Waals surface area contributed by atoms with E-state index < -0.39 is 6.04 Å². The largest absolute Gasteiger partial charge is 0.394 e. The van der Waals surface area contributed by atoms with E-state index in [0.29, 0.717) is 15.6 Å². The Morgan fingerprint density at radius 3 is 2.53 bits per heavy atom. The Morgan fingerprint density at radius 1 is 1.29 bits per heavy atom. The van der Waals surface area contributed by atoms with Gasteiger partial charge in [0.15, 0.2) is 5.82 Å². The molecular weight excluding hydrogens is 265 g/mol. The Balaban J connectivity index is 2.36. The van der Waals surface area contributed by atoms with Crippen LogP contribution >= 0.6 is 23.2 Å². The number of hydrogen-bond acceptors (Lipinski definition) is 5. The molecule has 7 heteroatoms. The second-order valence-electron chi connectivity index (χ2n) is 3.40. The summed E-state index contributed by atoms with van der Waals surface area (Å²) in [5.74, 6) is 0.492. The van der Waals surface area contributed by atoms with Gasteiger partial charge in [0.2, 0.25) is 0 Å². The molecule has 0 amide bonds. The number of aliphatic hydroxyl groups is 1. The molecular formula is C10H9Cl2N3O2. The van der Waals surface area contributed by atoms with Gasteiger partial charge in [0.1, 0.15) is 0 Å². The van der Waals surface area contributed by atoms with E-state index in [1.807, 2.05) is 0 Å². The van der Waals surface area contributed by atoms with Crippen molar-refractivity contribution in [2.45, 2.75) is 6.04 Å². The van der Waals surface area contributed by atoms with Crippen LogP contribution in [0.3, 0.4) is 0 Å². The molecule has 2 aromatic rings. The molecule has 0 aliphatic carbocycles. The summed E-state index contributed by atoms with van der Waals surface area (Å²) in [6, 6.07) is 4.23. The molecule has 1 heterocycles. The van der Waals surface area contributed by atoms with E-state index in [2.05, 4.69) is 10.1 Å². The van der Waals surface area contributed by atoms with Crippen molar-refractivity contribution in [1.29, 1.82) is 0 Å². The number of nitrogens with zero attached hydrogens (tertiary/aromatic N) is 2. The molecule has 17 heavy (non-hydrogen) atoms. The maximum absolute atomic E-state index is 8.87. The van der Waals surface area contributed by atoms with Crippen LogP contribution in [0.5, 0.6) is 0 Å². The highest BCUT2D eigenvalue weighted by atomic mass is 35.5. The van der Waals surface area contributed by atoms with E-state index in [-0.39, 0.29) is 18.3 Å². The molecule has 1 aromatic heterocycles. The maximum atomic E-state index is 8.87. The monoisotopic (exact) mass is 273 g/mol. The van der Waals surface area contributed by atoms with Gasteiger partial charge in [-0.1, -0.05) is 28.4 Å². The van der Waals surface area contributed by atoms with E-state index >= 15 is 0 Å². The molecule has 90 valence electrons. The Bertz CT molecular complexity index is 510. The standard InChI is InChI=1S/C10H9Cl2N3O2/c11-6-1-5(2-7(12)3-6)10-14-9(15-17-10)8(13)4-16/h1-3,8,16H,4,13H2. The van der Waals surface area contributed by atoms with Gasteiger partial charge in [0, 0.05) is 15.6 Å². The third-order valence-electron chi connectivity index (χ3n) is 2.08. The predicted octanol–water partition coefficient (Wildman–Crippen LogP) is 2.04. The van der Waals surface area contributed by atoms with Gasteiger partial charge in [-0.15, -0.1) is 0 Å². The van der Waals surface area contributed by atoms with Gasteiger partial charge in [-0.3, -0.25) is 0 Å². The highest BCUT2D eigenvalue weighted by Crippen LogP contribution is 2.26. The number of aromatic nitrogens is 2. The minimum absolute atomic E-state index is 0.235. The highest BCUT2D eigenvalue weighted by Gasteiger charge is 2.15. The molecule has 1 unspecified atom stereocenters. The summed E-state index contributed by atoms with van der Waals surface area (Å²) in [5, 5.41) is 13.5. The predicted molar refractivity (Wildman–Crippen MR) is 63.8 cm³/mol. The molecule has 0 saturated heterocycles. The molecule has 0 spiro atoms. The van der Waals surface area contributed by atoms with Gasteiger partial charge in [-0.25, -0.2) is 0 Å². The lowest BCUT2D eigenvalue weighted by Crippen LogP contribution is -2.15. The first-order chi connectivity index (χ1) is 8.10. The lowest BCUT2D eigenvalue weighted by molar-refractivity contribution is 0.260. The average molecular weight is 274 g/mol. The number of rotatable bonds is 3. The van der Waals surface area contributed by atoms with Gasteiger partial charge < -0.3 is 15.4 Å². The number of halogens is 2. The molecule has 3 N–H and O–H groups in total. The first kappa shape index (κ1) is 12.3. The van der Waals surface area contributed by atoms with Crippen LogP contribution in [-0.4, -0.2) is 21.9 Å². The van der Waals surface area contributed by atoms with Crippen molar-refractivity contribution in [1.82, 2.24) is 10.1 Å². The minimum Gasteiger partial charge on any atom is -0.394 e. The van der Waals surface area contributed by atoms with Gasteiger partial charge >= 0.3 is 0 Å². The molecule has 0 radical (unpaired) electrons. The Kier molecular flexibility index (Phi) is 3.63. The van der Waals surface area contributed by atoms with Crippen molar-refractivity contribution < 1.29 is 9.63 Å². The van der Waals surface area contributed by atoms with Crippen LogP contribution in [0.2, 0.25) is 10.0 Å². The van der Waals surface area contributed by atoms with E-state index in [1.165, 1.54) is 0 Å². The molecule has 1 atom stereocenters. The number of benzene rings is 1. The van der Waals surface area contributed by atoms with Crippen molar-refractivity contribution in [3.05, 3.63) is 34.1 Å². The number of hydrogen-bond donors (Lipinski definition) is 2. The summed E-state index contributed by atoms with van der Waals surface area (Å²) < 4.78 is 5.01. The molecule has 0 aliphatic heterocycles.